The highest BCUT2D eigenvalue weighted by atomic mass is 79.9. The molecule has 0 saturated heterocycles. The number of alkyl halides is 1. The second-order valence-electron chi connectivity index (χ2n) is 4.12. The fourth-order valence-electron chi connectivity index (χ4n) is 1.60. The molecule has 0 amide bonds. The summed E-state index contributed by atoms with van der Waals surface area (Å²) in [6.07, 6.45) is 0. The Morgan fingerprint density at radius 2 is 1.85 bits per heavy atom. The van der Waals surface area contributed by atoms with Crippen LogP contribution in [0.4, 0.5) is 0 Å². The van der Waals surface area contributed by atoms with Gasteiger partial charge >= 0.3 is 0 Å². The number of ether oxygens (including phenoxy) is 1. The minimum atomic E-state index is -3.56. The van der Waals surface area contributed by atoms with Crippen LogP contribution in [-0.4, -0.2) is 44.9 Å². The van der Waals surface area contributed by atoms with E-state index in [1.54, 1.807) is 19.2 Å². The van der Waals surface area contributed by atoms with Crippen molar-refractivity contribution in [1.29, 1.82) is 0 Å². The molecule has 0 aliphatic carbocycles. The van der Waals surface area contributed by atoms with E-state index in [1.165, 1.54) is 4.31 Å². The Bertz CT molecular complexity index is 563. The fourth-order valence-corrected chi connectivity index (χ4v) is 5.33. The van der Waals surface area contributed by atoms with Crippen molar-refractivity contribution in [3.63, 3.8) is 0 Å². The third kappa shape index (κ3) is 4.51. The molecule has 0 unspecified atom stereocenters. The van der Waals surface area contributed by atoms with Crippen molar-refractivity contribution < 1.29 is 13.2 Å². The van der Waals surface area contributed by atoms with Gasteiger partial charge in [-0.15, -0.1) is 0 Å². The lowest BCUT2D eigenvalue weighted by molar-refractivity contribution is 0.180. The summed E-state index contributed by atoms with van der Waals surface area (Å²) in [4.78, 5) is 0.257. The topological polar surface area (TPSA) is 46.6 Å². The van der Waals surface area contributed by atoms with Gasteiger partial charge in [0.05, 0.1) is 11.5 Å². The Morgan fingerprint density at radius 1 is 1.20 bits per heavy atom. The zero-order chi connectivity index (χ0) is 15.3. The predicted molar refractivity (Wildman–Crippen MR) is 91.0 cm³/mol. The lowest BCUT2D eigenvalue weighted by atomic mass is 10.2. The Balaban J connectivity index is 3.22. The Morgan fingerprint density at radius 3 is 2.40 bits per heavy atom. The van der Waals surface area contributed by atoms with Crippen LogP contribution in [0.15, 0.2) is 26.0 Å². The van der Waals surface area contributed by atoms with Crippen molar-refractivity contribution in [2.24, 2.45) is 0 Å². The highest BCUT2D eigenvalue weighted by Gasteiger charge is 2.26. The fraction of sp³-hybridized carbons (Fsp3) is 0.500. The van der Waals surface area contributed by atoms with E-state index < -0.39 is 10.0 Å². The second-order valence-corrected chi connectivity index (χ2v) is 8.53. The SMILES string of the molecule is COCCN(CCBr)S(=O)(=O)c1cc(Br)c(C)cc1Br. The summed E-state index contributed by atoms with van der Waals surface area (Å²) in [5.41, 5.74) is 0.972. The van der Waals surface area contributed by atoms with Gasteiger partial charge in [0, 0.05) is 34.5 Å². The van der Waals surface area contributed by atoms with E-state index in [0.29, 0.717) is 29.5 Å². The molecule has 0 atom stereocenters. The van der Waals surface area contributed by atoms with Gasteiger partial charge in [-0.05, 0) is 40.5 Å². The quantitative estimate of drug-likeness (QED) is 0.546. The summed E-state index contributed by atoms with van der Waals surface area (Å²) >= 11 is 9.99. The summed E-state index contributed by atoms with van der Waals surface area (Å²) in [5, 5.41) is 0.570. The van der Waals surface area contributed by atoms with E-state index in [2.05, 4.69) is 47.8 Å². The van der Waals surface area contributed by atoms with Crippen molar-refractivity contribution >= 4 is 57.8 Å². The van der Waals surface area contributed by atoms with E-state index in [4.69, 9.17) is 4.74 Å². The average Bonchev–Trinajstić information content (AvgIpc) is 2.38. The molecule has 1 aromatic carbocycles. The van der Waals surface area contributed by atoms with Crippen LogP contribution >= 0.6 is 47.8 Å². The van der Waals surface area contributed by atoms with Crippen LogP contribution in [0.3, 0.4) is 0 Å². The summed E-state index contributed by atoms with van der Waals surface area (Å²) < 4.78 is 33.1. The van der Waals surface area contributed by atoms with Gasteiger partial charge in [-0.2, -0.15) is 4.31 Å². The molecule has 8 heteroatoms. The third-order valence-corrected chi connectivity index (χ3v) is 6.78. The lowest BCUT2D eigenvalue weighted by Crippen LogP contribution is -2.35. The molecule has 0 fully saturated rings. The van der Waals surface area contributed by atoms with Gasteiger partial charge in [0.15, 0.2) is 0 Å². The van der Waals surface area contributed by atoms with Gasteiger partial charge in [-0.1, -0.05) is 31.9 Å². The molecule has 1 aromatic rings. The molecule has 20 heavy (non-hydrogen) atoms. The first-order valence-electron chi connectivity index (χ1n) is 5.85. The molecule has 4 nitrogen and oxygen atoms in total. The number of sulfonamides is 1. The highest BCUT2D eigenvalue weighted by Crippen LogP contribution is 2.30. The molecule has 0 aliphatic rings. The van der Waals surface area contributed by atoms with E-state index >= 15 is 0 Å². The lowest BCUT2D eigenvalue weighted by Gasteiger charge is -2.22. The minimum absolute atomic E-state index is 0.257. The summed E-state index contributed by atoms with van der Waals surface area (Å²) in [6, 6.07) is 3.42. The van der Waals surface area contributed by atoms with Gasteiger partial charge in [0.25, 0.3) is 0 Å². The molecular formula is C12H16Br3NO3S. The number of hydrogen-bond acceptors (Lipinski definition) is 3. The normalized spacial score (nSPS) is 12.1. The summed E-state index contributed by atoms with van der Waals surface area (Å²) in [5.74, 6) is 0. The first-order valence-corrected chi connectivity index (χ1v) is 10.00. The second kappa shape index (κ2) is 8.24. The number of aryl methyl sites for hydroxylation is 1. The predicted octanol–water partition coefficient (Wildman–Crippen LogP) is 3.55. The molecule has 0 aromatic heterocycles. The number of halogens is 3. The van der Waals surface area contributed by atoms with Crippen molar-refractivity contribution in [3.05, 3.63) is 26.6 Å². The Labute approximate surface area is 145 Å². The van der Waals surface area contributed by atoms with Gasteiger partial charge in [0.1, 0.15) is 0 Å². The van der Waals surface area contributed by atoms with Gasteiger partial charge in [-0.25, -0.2) is 8.42 Å². The molecule has 0 bridgehead atoms. The maximum absolute atomic E-state index is 12.7. The van der Waals surface area contributed by atoms with E-state index in [0.717, 1.165) is 10.0 Å². The average molecular weight is 494 g/mol. The van der Waals surface area contributed by atoms with Crippen LogP contribution in [0, 0.1) is 6.92 Å². The maximum atomic E-state index is 12.7. The Kier molecular flexibility index (Phi) is 7.65. The molecular weight excluding hydrogens is 478 g/mol. The number of rotatable bonds is 7. The zero-order valence-corrected chi connectivity index (χ0v) is 16.8. The van der Waals surface area contributed by atoms with Crippen molar-refractivity contribution in [2.45, 2.75) is 11.8 Å². The van der Waals surface area contributed by atoms with Crippen LogP contribution in [0.25, 0.3) is 0 Å². The van der Waals surface area contributed by atoms with Gasteiger partial charge < -0.3 is 4.74 Å². The van der Waals surface area contributed by atoms with Crippen molar-refractivity contribution in [3.8, 4) is 0 Å². The van der Waals surface area contributed by atoms with Crippen LogP contribution in [0.1, 0.15) is 5.56 Å². The third-order valence-electron chi connectivity index (χ3n) is 2.71. The first-order chi connectivity index (χ1) is 9.34. The maximum Gasteiger partial charge on any atom is 0.244 e. The molecule has 114 valence electrons. The van der Waals surface area contributed by atoms with E-state index in [1.807, 2.05) is 6.92 Å². The van der Waals surface area contributed by atoms with Crippen LogP contribution in [0.5, 0.6) is 0 Å². The highest BCUT2D eigenvalue weighted by molar-refractivity contribution is 9.11. The van der Waals surface area contributed by atoms with Crippen LogP contribution in [-0.2, 0) is 14.8 Å². The Hall–Kier alpha value is 0.530. The molecule has 1 rings (SSSR count). The molecule has 0 N–H and O–H groups in total. The molecule has 0 aliphatic heterocycles. The van der Waals surface area contributed by atoms with Crippen molar-refractivity contribution in [1.82, 2.24) is 4.31 Å². The van der Waals surface area contributed by atoms with Crippen LogP contribution in [0.2, 0.25) is 0 Å². The molecule has 0 spiro atoms. The van der Waals surface area contributed by atoms with Crippen LogP contribution < -0.4 is 0 Å². The standard InChI is InChI=1S/C12H16Br3NO3S/c1-9-7-11(15)12(8-10(9)14)20(17,18)16(4-3-13)5-6-19-2/h7-8H,3-6H2,1-2H3. The van der Waals surface area contributed by atoms with E-state index in [-0.39, 0.29) is 4.90 Å². The molecule has 0 heterocycles. The number of hydrogen-bond donors (Lipinski definition) is 0. The first kappa shape index (κ1) is 18.6. The summed E-state index contributed by atoms with van der Waals surface area (Å²) in [6.45, 7) is 2.98. The molecule has 0 saturated carbocycles. The van der Waals surface area contributed by atoms with Gasteiger partial charge in [0.2, 0.25) is 10.0 Å². The minimum Gasteiger partial charge on any atom is -0.383 e. The number of nitrogens with zero attached hydrogens (tertiary/aromatic N) is 1. The molecule has 0 radical (unpaired) electrons. The largest absolute Gasteiger partial charge is 0.383 e. The summed E-state index contributed by atoms with van der Waals surface area (Å²) in [7, 11) is -2.01. The number of methoxy groups -OCH3 is 1. The van der Waals surface area contributed by atoms with E-state index in [9.17, 15) is 8.42 Å². The smallest absolute Gasteiger partial charge is 0.244 e. The van der Waals surface area contributed by atoms with Crippen molar-refractivity contribution in [2.75, 3.05) is 32.1 Å². The monoisotopic (exact) mass is 491 g/mol. The zero-order valence-electron chi connectivity index (χ0n) is 11.2. The number of benzene rings is 1. The van der Waals surface area contributed by atoms with Gasteiger partial charge in [-0.3, -0.25) is 0 Å².